The summed E-state index contributed by atoms with van der Waals surface area (Å²) in [6.45, 7) is 9.35. The van der Waals surface area contributed by atoms with Crippen molar-refractivity contribution in [3.8, 4) is 5.75 Å². The van der Waals surface area contributed by atoms with E-state index in [0.29, 0.717) is 6.54 Å². The van der Waals surface area contributed by atoms with Crippen molar-refractivity contribution in [3.05, 3.63) is 47.1 Å². The molecule has 0 radical (unpaired) electrons. The summed E-state index contributed by atoms with van der Waals surface area (Å²) < 4.78 is 18.6. The van der Waals surface area contributed by atoms with Crippen molar-refractivity contribution in [2.24, 2.45) is 4.99 Å². The molecule has 146 valence electrons. The molecule has 0 atom stereocenters. The molecule has 2 heterocycles. The zero-order chi connectivity index (χ0) is 19.2. The molecule has 1 fully saturated rings. The Balaban J connectivity index is 1.57. The molecule has 2 aromatic rings. The molecule has 8 heteroatoms. The SMILES string of the molecule is CCNC(=NCc1ccc(O)c(F)c1)N1CCN(Cc2cc(C)on2)CC1. The molecular formula is C19H26FN5O2. The predicted molar refractivity (Wildman–Crippen MR) is 101 cm³/mol. The first kappa shape index (κ1) is 19.2. The molecule has 0 unspecified atom stereocenters. The van der Waals surface area contributed by atoms with Crippen LogP contribution in [0.2, 0.25) is 0 Å². The van der Waals surface area contributed by atoms with E-state index in [1.807, 2.05) is 19.9 Å². The minimum absolute atomic E-state index is 0.340. The molecule has 1 aliphatic heterocycles. The molecule has 7 nitrogen and oxygen atoms in total. The Hall–Kier alpha value is -2.61. The van der Waals surface area contributed by atoms with Crippen LogP contribution in [0.1, 0.15) is 23.9 Å². The zero-order valence-corrected chi connectivity index (χ0v) is 15.8. The fourth-order valence-electron chi connectivity index (χ4n) is 3.08. The highest BCUT2D eigenvalue weighted by molar-refractivity contribution is 5.80. The number of piperazine rings is 1. The van der Waals surface area contributed by atoms with E-state index in [1.54, 1.807) is 6.07 Å². The van der Waals surface area contributed by atoms with Gasteiger partial charge in [-0.2, -0.15) is 0 Å². The van der Waals surface area contributed by atoms with E-state index in [0.717, 1.165) is 62.2 Å². The number of aromatic hydroxyl groups is 1. The van der Waals surface area contributed by atoms with Crippen LogP contribution in [-0.2, 0) is 13.1 Å². The third-order valence-electron chi connectivity index (χ3n) is 4.49. The average Bonchev–Trinajstić information content (AvgIpc) is 3.07. The van der Waals surface area contributed by atoms with Gasteiger partial charge in [-0.15, -0.1) is 0 Å². The number of phenols is 1. The lowest BCUT2D eigenvalue weighted by molar-refractivity contribution is 0.169. The highest BCUT2D eigenvalue weighted by Crippen LogP contribution is 2.17. The Bertz CT molecular complexity index is 784. The number of guanidine groups is 1. The van der Waals surface area contributed by atoms with Gasteiger partial charge >= 0.3 is 0 Å². The highest BCUT2D eigenvalue weighted by Gasteiger charge is 2.20. The monoisotopic (exact) mass is 375 g/mol. The maximum absolute atomic E-state index is 13.5. The van der Waals surface area contributed by atoms with Crippen molar-refractivity contribution >= 4 is 5.96 Å². The number of hydrogen-bond donors (Lipinski definition) is 2. The van der Waals surface area contributed by atoms with Crippen molar-refractivity contribution in [2.75, 3.05) is 32.7 Å². The van der Waals surface area contributed by atoms with Crippen LogP contribution < -0.4 is 5.32 Å². The minimum Gasteiger partial charge on any atom is -0.505 e. The Morgan fingerprint density at radius 2 is 2.07 bits per heavy atom. The largest absolute Gasteiger partial charge is 0.505 e. The van der Waals surface area contributed by atoms with Crippen LogP contribution in [0.4, 0.5) is 4.39 Å². The number of aromatic nitrogens is 1. The average molecular weight is 375 g/mol. The molecule has 3 rings (SSSR count). The number of halogens is 1. The molecule has 1 aromatic heterocycles. The lowest BCUT2D eigenvalue weighted by Gasteiger charge is -2.36. The third-order valence-corrected chi connectivity index (χ3v) is 4.49. The van der Waals surface area contributed by atoms with E-state index in [4.69, 9.17) is 4.52 Å². The van der Waals surface area contributed by atoms with Gasteiger partial charge in [0.25, 0.3) is 0 Å². The second-order valence-electron chi connectivity index (χ2n) is 6.65. The van der Waals surface area contributed by atoms with Gasteiger partial charge in [-0.1, -0.05) is 11.2 Å². The summed E-state index contributed by atoms with van der Waals surface area (Å²) in [4.78, 5) is 9.18. The summed E-state index contributed by atoms with van der Waals surface area (Å²) in [5, 5.41) is 16.7. The van der Waals surface area contributed by atoms with Gasteiger partial charge in [0.2, 0.25) is 0 Å². The summed E-state index contributed by atoms with van der Waals surface area (Å²) in [6.07, 6.45) is 0. The van der Waals surface area contributed by atoms with Gasteiger partial charge < -0.3 is 19.8 Å². The van der Waals surface area contributed by atoms with E-state index >= 15 is 0 Å². The van der Waals surface area contributed by atoms with Crippen LogP contribution in [0, 0.1) is 12.7 Å². The second kappa shape index (κ2) is 8.85. The number of phenolic OH excluding ortho intramolecular Hbond substituents is 1. The molecule has 1 aliphatic rings. The fraction of sp³-hybridized carbons (Fsp3) is 0.474. The molecule has 0 aliphatic carbocycles. The smallest absolute Gasteiger partial charge is 0.194 e. The summed E-state index contributed by atoms with van der Waals surface area (Å²) >= 11 is 0. The summed E-state index contributed by atoms with van der Waals surface area (Å²) in [5.74, 6) is 0.691. The molecule has 0 spiro atoms. The summed E-state index contributed by atoms with van der Waals surface area (Å²) in [5.41, 5.74) is 1.68. The van der Waals surface area contributed by atoms with Gasteiger partial charge in [-0.05, 0) is 31.5 Å². The molecule has 1 aromatic carbocycles. The minimum atomic E-state index is -0.621. The number of rotatable bonds is 5. The number of nitrogens with zero attached hydrogens (tertiary/aromatic N) is 4. The quantitative estimate of drug-likeness (QED) is 0.616. The van der Waals surface area contributed by atoms with E-state index in [-0.39, 0.29) is 5.75 Å². The predicted octanol–water partition coefficient (Wildman–Crippen LogP) is 2.11. The first-order valence-electron chi connectivity index (χ1n) is 9.20. The Morgan fingerprint density at radius 1 is 1.30 bits per heavy atom. The third kappa shape index (κ3) is 5.19. The fourth-order valence-corrected chi connectivity index (χ4v) is 3.08. The first-order chi connectivity index (χ1) is 13.0. The molecule has 0 bridgehead atoms. The number of nitrogens with one attached hydrogen (secondary N) is 1. The van der Waals surface area contributed by atoms with Gasteiger partial charge in [-0.3, -0.25) is 4.90 Å². The molecule has 2 N–H and O–H groups in total. The van der Waals surface area contributed by atoms with Crippen LogP contribution in [0.15, 0.2) is 33.8 Å². The van der Waals surface area contributed by atoms with Crippen LogP contribution in [0.5, 0.6) is 5.75 Å². The molecular weight excluding hydrogens is 349 g/mol. The number of aliphatic imine (C=N–C) groups is 1. The van der Waals surface area contributed by atoms with Gasteiger partial charge in [0.05, 0.1) is 12.2 Å². The highest BCUT2D eigenvalue weighted by atomic mass is 19.1. The Kier molecular flexibility index (Phi) is 6.28. The van der Waals surface area contributed by atoms with E-state index < -0.39 is 5.82 Å². The first-order valence-corrected chi connectivity index (χ1v) is 9.20. The van der Waals surface area contributed by atoms with E-state index in [9.17, 15) is 9.50 Å². The van der Waals surface area contributed by atoms with Crippen molar-refractivity contribution in [1.82, 2.24) is 20.3 Å². The van der Waals surface area contributed by atoms with Gasteiger partial charge in [-0.25, -0.2) is 9.38 Å². The molecule has 1 saturated heterocycles. The summed E-state index contributed by atoms with van der Waals surface area (Å²) in [7, 11) is 0. The topological polar surface area (TPSA) is 77.1 Å². The maximum atomic E-state index is 13.5. The van der Waals surface area contributed by atoms with Crippen molar-refractivity contribution in [2.45, 2.75) is 26.9 Å². The van der Waals surface area contributed by atoms with Crippen LogP contribution in [0.25, 0.3) is 0 Å². The lowest BCUT2D eigenvalue weighted by atomic mass is 10.2. The van der Waals surface area contributed by atoms with E-state index in [1.165, 1.54) is 12.1 Å². The maximum Gasteiger partial charge on any atom is 0.194 e. The Labute approximate surface area is 158 Å². The zero-order valence-electron chi connectivity index (χ0n) is 15.8. The van der Waals surface area contributed by atoms with Crippen LogP contribution >= 0.6 is 0 Å². The van der Waals surface area contributed by atoms with Gasteiger partial charge in [0.15, 0.2) is 17.5 Å². The number of benzene rings is 1. The second-order valence-corrected chi connectivity index (χ2v) is 6.65. The normalized spacial score (nSPS) is 16.0. The Morgan fingerprint density at radius 3 is 2.70 bits per heavy atom. The van der Waals surface area contributed by atoms with Crippen LogP contribution in [-0.4, -0.2) is 58.7 Å². The van der Waals surface area contributed by atoms with E-state index in [2.05, 4.69) is 25.3 Å². The lowest BCUT2D eigenvalue weighted by Crippen LogP contribution is -2.52. The molecule has 0 amide bonds. The number of hydrogen-bond acceptors (Lipinski definition) is 5. The number of aryl methyl sites for hydroxylation is 1. The van der Waals surface area contributed by atoms with Crippen LogP contribution in [0.3, 0.4) is 0 Å². The van der Waals surface area contributed by atoms with Crippen molar-refractivity contribution < 1.29 is 14.0 Å². The van der Waals surface area contributed by atoms with Crippen molar-refractivity contribution in [3.63, 3.8) is 0 Å². The standard InChI is InChI=1S/C19H26FN5O2/c1-3-21-19(22-12-15-4-5-18(26)17(20)11-15)25-8-6-24(7-9-25)13-16-10-14(2)27-23-16/h4-5,10-11,26H,3,6-9,12-13H2,1-2H3,(H,21,22). The van der Waals surface area contributed by atoms with Crippen molar-refractivity contribution in [1.29, 1.82) is 0 Å². The van der Waals surface area contributed by atoms with Gasteiger partial charge in [0, 0.05) is 45.3 Å². The molecule has 27 heavy (non-hydrogen) atoms. The molecule has 0 saturated carbocycles. The summed E-state index contributed by atoms with van der Waals surface area (Å²) in [6, 6.07) is 6.33. The van der Waals surface area contributed by atoms with Gasteiger partial charge in [0.1, 0.15) is 5.76 Å².